The summed E-state index contributed by atoms with van der Waals surface area (Å²) < 4.78 is 0. The second kappa shape index (κ2) is 13.1. The van der Waals surface area contributed by atoms with Gasteiger partial charge in [-0.15, -0.1) is 0 Å². The van der Waals surface area contributed by atoms with Crippen molar-refractivity contribution in [3.63, 3.8) is 0 Å². The summed E-state index contributed by atoms with van der Waals surface area (Å²) in [6.07, 6.45) is 3.51. The predicted octanol–water partition coefficient (Wildman–Crippen LogP) is 6.88. The molecule has 0 aliphatic carbocycles. The lowest BCUT2D eigenvalue weighted by molar-refractivity contribution is 0.960. The number of hydrogen-bond donors (Lipinski definition) is 0. The fraction of sp³-hybridized carbons (Fsp3) is 0.250. The number of rotatable bonds is 3. The lowest BCUT2D eigenvalue weighted by Gasteiger charge is -2.01. The maximum atomic E-state index is 2.18. The van der Waals surface area contributed by atoms with Crippen LogP contribution in [0.1, 0.15) is 37.0 Å². The number of hydrogen-bond acceptors (Lipinski definition) is 0. The van der Waals surface area contributed by atoms with Crippen molar-refractivity contribution in [3.8, 4) is 0 Å². The Morgan fingerprint density at radius 1 is 0.500 bits per heavy atom. The molecule has 0 N–H and O–H groups in total. The molecule has 0 spiro atoms. The highest BCUT2D eigenvalue weighted by Crippen LogP contribution is 2.06. The lowest BCUT2D eigenvalue weighted by Crippen LogP contribution is -1.89. The van der Waals surface area contributed by atoms with Crippen molar-refractivity contribution in [2.24, 2.45) is 0 Å². The molecule has 0 aliphatic heterocycles. The minimum absolute atomic E-state index is 1.13. The molecule has 3 rings (SSSR count). The molecule has 126 valence electrons. The molecule has 0 saturated carbocycles. The van der Waals surface area contributed by atoms with Crippen molar-refractivity contribution >= 4 is 0 Å². The zero-order valence-electron chi connectivity index (χ0n) is 15.3. The molecule has 0 radical (unpaired) electrons. The molecule has 0 amide bonds. The molecule has 0 saturated heterocycles. The Morgan fingerprint density at radius 2 is 0.792 bits per heavy atom. The highest BCUT2D eigenvalue weighted by molar-refractivity contribution is 5.19. The van der Waals surface area contributed by atoms with Crippen LogP contribution in [0.25, 0.3) is 0 Å². The molecular formula is C24H30. The summed E-state index contributed by atoms with van der Waals surface area (Å²) in [4.78, 5) is 0. The molecule has 3 aromatic carbocycles. The molecule has 0 atom stereocenters. The zero-order chi connectivity index (χ0) is 17.5. The van der Waals surface area contributed by atoms with E-state index >= 15 is 0 Å². The third-order valence-corrected chi connectivity index (χ3v) is 3.33. The molecule has 0 fully saturated rings. The third kappa shape index (κ3) is 9.63. The predicted molar refractivity (Wildman–Crippen MR) is 107 cm³/mol. The normalized spacial score (nSPS) is 9.12. The molecule has 0 heterocycles. The largest absolute Gasteiger partial charge is 0.0656 e. The molecule has 0 unspecified atom stereocenters. The average Bonchev–Trinajstić information content (AvgIpc) is 2.64. The summed E-state index contributed by atoms with van der Waals surface area (Å²) in [7, 11) is 0. The minimum atomic E-state index is 1.13. The van der Waals surface area contributed by atoms with Crippen LogP contribution in [-0.4, -0.2) is 0 Å². The summed E-state index contributed by atoms with van der Waals surface area (Å²) >= 11 is 0. The first kappa shape index (κ1) is 19.7. The van der Waals surface area contributed by atoms with Gasteiger partial charge < -0.3 is 0 Å². The van der Waals surface area contributed by atoms with Crippen molar-refractivity contribution in [1.29, 1.82) is 0 Å². The Morgan fingerprint density at radius 3 is 1.04 bits per heavy atom. The smallest absolute Gasteiger partial charge is 0.0238 e. The standard InChI is InChI=1S/C14H14.C7H8.C3H8/c1-3-7-13(8-4-1)11-12-14-9-5-2-6-10-14;1-7-5-3-2-4-6-7;1-3-2/h1-10H,11-12H2;2-6H,1H3;3H2,1-2H3. The Labute approximate surface area is 148 Å². The molecule has 24 heavy (non-hydrogen) atoms. The highest BCUT2D eigenvalue weighted by atomic mass is 14.0. The van der Waals surface area contributed by atoms with Crippen LogP contribution in [-0.2, 0) is 12.8 Å². The quantitative estimate of drug-likeness (QED) is 0.493. The minimum Gasteiger partial charge on any atom is -0.0656 e. The first-order valence-electron chi connectivity index (χ1n) is 8.85. The van der Waals surface area contributed by atoms with Gasteiger partial charge in [0.2, 0.25) is 0 Å². The Balaban J connectivity index is 0.000000241. The van der Waals surface area contributed by atoms with Crippen molar-refractivity contribution in [2.75, 3.05) is 0 Å². The van der Waals surface area contributed by atoms with E-state index in [1.807, 2.05) is 18.2 Å². The lowest BCUT2D eigenvalue weighted by atomic mass is 10.0. The third-order valence-electron chi connectivity index (χ3n) is 3.33. The Hall–Kier alpha value is -2.34. The van der Waals surface area contributed by atoms with Gasteiger partial charge >= 0.3 is 0 Å². The van der Waals surface area contributed by atoms with E-state index in [2.05, 4.69) is 93.6 Å². The van der Waals surface area contributed by atoms with Gasteiger partial charge in [0.15, 0.2) is 0 Å². The maximum Gasteiger partial charge on any atom is -0.0238 e. The second-order valence-electron chi connectivity index (χ2n) is 5.83. The van der Waals surface area contributed by atoms with Gasteiger partial charge in [-0.25, -0.2) is 0 Å². The van der Waals surface area contributed by atoms with Crippen LogP contribution in [0.15, 0.2) is 91.0 Å². The van der Waals surface area contributed by atoms with Gasteiger partial charge in [0, 0.05) is 0 Å². The van der Waals surface area contributed by atoms with Crippen LogP contribution in [0.2, 0.25) is 0 Å². The van der Waals surface area contributed by atoms with Gasteiger partial charge in [0.25, 0.3) is 0 Å². The van der Waals surface area contributed by atoms with Crippen molar-refractivity contribution in [2.45, 2.75) is 40.0 Å². The van der Waals surface area contributed by atoms with Gasteiger partial charge in [-0.3, -0.25) is 0 Å². The summed E-state index contributed by atoms with van der Waals surface area (Å²) in [6.45, 7) is 6.33. The molecule has 0 aromatic heterocycles. The van der Waals surface area contributed by atoms with Crippen LogP contribution in [0.3, 0.4) is 0 Å². The first-order chi connectivity index (χ1) is 11.8. The van der Waals surface area contributed by atoms with E-state index in [0.29, 0.717) is 0 Å². The number of benzene rings is 3. The van der Waals surface area contributed by atoms with Gasteiger partial charge in [0.1, 0.15) is 0 Å². The van der Waals surface area contributed by atoms with Crippen LogP contribution in [0.4, 0.5) is 0 Å². The van der Waals surface area contributed by atoms with E-state index in [9.17, 15) is 0 Å². The summed E-state index contributed by atoms with van der Waals surface area (Å²) in [5.41, 5.74) is 4.15. The molecule has 0 aliphatic rings. The average molecular weight is 319 g/mol. The summed E-state index contributed by atoms with van der Waals surface area (Å²) in [5.74, 6) is 0. The maximum absolute atomic E-state index is 2.18. The Bertz CT molecular complexity index is 572. The molecular weight excluding hydrogens is 288 g/mol. The van der Waals surface area contributed by atoms with E-state index in [1.54, 1.807) is 0 Å². The van der Waals surface area contributed by atoms with Crippen LogP contribution in [0, 0.1) is 6.92 Å². The van der Waals surface area contributed by atoms with E-state index in [4.69, 9.17) is 0 Å². The van der Waals surface area contributed by atoms with Crippen LogP contribution < -0.4 is 0 Å². The van der Waals surface area contributed by atoms with Crippen molar-refractivity contribution < 1.29 is 0 Å². The fourth-order valence-corrected chi connectivity index (χ4v) is 2.11. The highest BCUT2D eigenvalue weighted by Gasteiger charge is 1.93. The molecule has 0 bridgehead atoms. The SMILES string of the molecule is CCC.Cc1ccccc1.c1ccc(CCc2ccccc2)cc1. The topological polar surface area (TPSA) is 0 Å². The van der Waals surface area contributed by atoms with Crippen molar-refractivity contribution in [1.82, 2.24) is 0 Å². The first-order valence-corrected chi connectivity index (χ1v) is 8.85. The van der Waals surface area contributed by atoms with E-state index in [1.165, 1.54) is 23.1 Å². The van der Waals surface area contributed by atoms with Crippen LogP contribution in [0.5, 0.6) is 0 Å². The van der Waals surface area contributed by atoms with Crippen molar-refractivity contribution in [3.05, 3.63) is 108 Å². The van der Waals surface area contributed by atoms with Gasteiger partial charge in [-0.2, -0.15) is 0 Å². The van der Waals surface area contributed by atoms with Gasteiger partial charge in [-0.1, -0.05) is 117 Å². The molecule has 0 heteroatoms. The van der Waals surface area contributed by atoms with E-state index < -0.39 is 0 Å². The summed E-state index contributed by atoms with van der Waals surface area (Å²) in [5, 5.41) is 0. The van der Waals surface area contributed by atoms with E-state index in [0.717, 1.165) is 12.8 Å². The Kier molecular flexibility index (Phi) is 10.8. The molecule has 0 nitrogen and oxygen atoms in total. The zero-order valence-corrected chi connectivity index (χ0v) is 15.3. The monoisotopic (exact) mass is 318 g/mol. The van der Waals surface area contributed by atoms with Gasteiger partial charge in [-0.05, 0) is 30.9 Å². The summed E-state index contributed by atoms with van der Waals surface area (Å²) in [6, 6.07) is 31.5. The molecule has 3 aromatic rings. The number of aryl methyl sites for hydroxylation is 3. The second-order valence-corrected chi connectivity index (χ2v) is 5.83. The van der Waals surface area contributed by atoms with E-state index in [-0.39, 0.29) is 0 Å². The fourth-order valence-electron chi connectivity index (χ4n) is 2.11. The van der Waals surface area contributed by atoms with Gasteiger partial charge in [0.05, 0.1) is 0 Å². The van der Waals surface area contributed by atoms with Crippen LogP contribution >= 0.6 is 0 Å².